The van der Waals surface area contributed by atoms with Crippen molar-refractivity contribution in [2.24, 2.45) is 0 Å². The van der Waals surface area contributed by atoms with Crippen molar-refractivity contribution in [2.75, 3.05) is 14.7 Å². The summed E-state index contributed by atoms with van der Waals surface area (Å²) >= 11 is 2.00. The Morgan fingerprint density at radius 2 is 0.962 bits per heavy atom. The summed E-state index contributed by atoms with van der Waals surface area (Å²) in [7, 11) is 0. The molecule has 3 aliphatic rings. The first-order valence-electron chi connectivity index (χ1n) is 29.0. The van der Waals surface area contributed by atoms with E-state index in [4.69, 9.17) is 0 Å². The lowest BCUT2D eigenvalue weighted by Crippen LogP contribution is -2.60. The van der Waals surface area contributed by atoms with E-state index < -0.39 is 0 Å². The van der Waals surface area contributed by atoms with Gasteiger partial charge in [-0.05, 0) is 174 Å². The van der Waals surface area contributed by atoms with Crippen molar-refractivity contribution >= 4 is 95.0 Å². The highest BCUT2D eigenvalue weighted by molar-refractivity contribution is 7.33. The molecule has 5 heteroatoms. The summed E-state index contributed by atoms with van der Waals surface area (Å²) in [6.45, 7) is 37.9. The Hall–Kier alpha value is -6.82. The van der Waals surface area contributed by atoms with E-state index in [1.807, 2.05) is 11.3 Å². The Balaban J connectivity index is 1.26. The average Bonchev–Trinajstić information content (AvgIpc) is 3.97. The monoisotopic (exact) mass is 1050 g/mol. The predicted molar refractivity (Wildman–Crippen MR) is 346 cm³/mol. The highest BCUT2D eigenvalue weighted by Gasteiger charge is 2.47. The molecule has 1 aliphatic carbocycles. The highest BCUT2D eigenvalue weighted by Crippen LogP contribution is 2.55. The van der Waals surface area contributed by atoms with Gasteiger partial charge < -0.3 is 14.7 Å². The molecule has 0 radical (unpaired) electrons. The number of benzene rings is 8. The minimum absolute atomic E-state index is 0.0119. The van der Waals surface area contributed by atoms with Gasteiger partial charge in [0.2, 0.25) is 0 Å². The molecule has 9 aromatic rings. The van der Waals surface area contributed by atoms with E-state index in [9.17, 15) is 0 Å². The third-order valence-electron chi connectivity index (χ3n) is 17.9. The van der Waals surface area contributed by atoms with E-state index >= 15 is 0 Å². The van der Waals surface area contributed by atoms with Gasteiger partial charge in [0.25, 0.3) is 6.71 Å². The van der Waals surface area contributed by atoms with Gasteiger partial charge >= 0.3 is 0 Å². The number of hydrogen-bond donors (Lipinski definition) is 0. The van der Waals surface area contributed by atoms with Crippen molar-refractivity contribution in [2.45, 2.75) is 156 Å². The minimum atomic E-state index is -0.0998. The molecule has 0 saturated carbocycles. The third kappa shape index (κ3) is 9.04. The van der Waals surface area contributed by atoms with Gasteiger partial charge in [0.05, 0.1) is 17.1 Å². The van der Waals surface area contributed by atoms with Crippen LogP contribution in [0.4, 0.5) is 51.2 Å². The molecule has 2 aliphatic heterocycles. The average molecular weight is 1050 g/mol. The first-order valence-corrected chi connectivity index (χ1v) is 29.8. The first-order chi connectivity index (χ1) is 37.2. The van der Waals surface area contributed by atoms with Crippen molar-refractivity contribution in [1.29, 1.82) is 0 Å². The topological polar surface area (TPSA) is 9.72 Å². The SMILES string of the molecule is CC(C)(C)c1ccc(-c2cc(C(C)(C)C)ccc2N2c3cc(C(C)(C)C)ccc3B3c4sc5ccc(C(C)(C)C)cc5c4N(c4ccc5c(c4)C(C)(C)CCC5(C)C)c4cc(N(c5ccccc5)c5ccccc5)cc2c43)cc1. The fourth-order valence-corrected chi connectivity index (χ4v) is 14.2. The largest absolute Gasteiger partial charge is 0.311 e. The molecule has 12 rings (SSSR count). The molecule has 0 atom stereocenters. The second-order valence-corrected chi connectivity index (χ2v) is 29.7. The summed E-state index contributed by atoms with van der Waals surface area (Å²) < 4.78 is 2.72. The van der Waals surface area contributed by atoms with E-state index in [0.717, 1.165) is 23.5 Å². The molecule has 0 fully saturated rings. The molecule has 1 aromatic heterocycles. The van der Waals surface area contributed by atoms with Crippen LogP contribution in [0.15, 0.2) is 170 Å². The zero-order valence-corrected chi connectivity index (χ0v) is 50.7. The second-order valence-electron chi connectivity index (χ2n) is 28.6. The maximum Gasteiger partial charge on any atom is 0.264 e. The van der Waals surface area contributed by atoms with Crippen LogP contribution in [0.5, 0.6) is 0 Å². The lowest BCUT2D eigenvalue weighted by atomic mass is 9.36. The van der Waals surface area contributed by atoms with E-state index in [-0.39, 0.29) is 39.2 Å². The van der Waals surface area contributed by atoms with Crippen molar-refractivity contribution < 1.29 is 0 Å². The molecule has 8 aromatic carbocycles. The number of rotatable bonds is 6. The van der Waals surface area contributed by atoms with Crippen molar-refractivity contribution in [3.8, 4) is 11.1 Å². The summed E-state index contributed by atoms with van der Waals surface area (Å²) in [6, 6.07) is 66.3. The Kier molecular flexibility index (Phi) is 12.3. The van der Waals surface area contributed by atoms with Gasteiger partial charge in [0.1, 0.15) is 0 Å². The smallest absolute Gasteiger partial charge is 0.264 e. The Morgan fingerprint density at radius 1 is 0.443 bits per heavy atom. The van der Waals surface area contributed by atoms with Crippen LogP contribution in [0.2, 0.25) is 0 Å². The van der Waals surface area contributed by atoms with Crippen LogP contribution in [0, 0.1) is 0 Å². The number of hydrogen-bond acceptors (Lipinski definition) is 4. The van der Waals surface area contributed by atoms with Crippen LogP contribution in [0.3, 0.4) is 0 Å². The predicted octanol–water partition coefficient (Wildman–Crippen LogP) is 19.7. The zero-order valence-electron chi connectivity index (χ0n) is 49.9. The highest BCUT2D eigenvalue weighted by atomic mass is 32.1. The fraction of sp³-hybridized carbons (Fsp3) is 0.324. The van der Waals surface area contributed by atoms with E-state index in [2.05, 4.69) is 295 Å². The van der Waals surface area contributed by atoms with Gasteiger partial charge in [-0.25, -0.2) is 0 Å². The molecule has 79 heavy (non-hydrogen) atoms. The molecular weight excluding hydrogens is 974 g/mol. The second kappa shape index (κ2) is 18.4. The summed E-state index contributed by atoms with van der Waals surface area (Å²) in [5.74, 6) is 0. The summed E-state index contributed by atoms with van der Waals surface area (Å²) in [5.41, 5.74) is 23.9. The molecule has 0 N–H and O–H groups in total. The number of thiophene rings is 1. The van der Waals surface area contributed by atoms with Gasteiger partial charge in [-0.3, -0.25) is 0 Å². The van der Waals surface area contributed by atoms with Crippen LogP contribution >= 0.6 is 11.3 Å². The van der Waals surface area contributed by atoms with Gasteiger partial charge in [-0.1, -0.05) is 202 Å². The van der Waals surface area contributed by atoms with Gasteiger partial charge in [0.15, 0.2) is 0 Å². The lowest BCUT2D eigenvalue weighted by molar-refractivity contribution is 0.332. The molecule has 0 bridgehead atoms. The molecule has 0 unspecified atom stereocenters. The maximum absolute atomic E-state index is 2.72. The van der Waals surface area contributed by atoms with Crippen molar-refractivity contribution in [3.05, 3.63) is 203 Å². The molecule has 400 valence electrons. The minimum Gasteiger partial charge on any atom is -0.311 e. The number of nitrogens with zero attached hydrogens (tertiary/aromatic N) is 3. The number of fused-ring (bicyclic) bond motifs is 7. The molecule has 0 saturated heterocycles. The molecule has 3 heterocycles. The van der Waals surface area contributed by atoms with Crippen molar-refractivity contribution in [3.63, 3.8) is 0 Å². The van der Waals surface area contributed by atoms with Gasteiger partial charge in [-0.15, -0.1) is 11.3 Å². The summed E-state index contributed by atoms with van der Waals surface area (Å²) in [4.78, 5) is 7.88. The zero-order chi connectivity index (χ0) is 55.9. The van der Waals surface area contributed by atoms with Gasteiger partial charge in [0, 0.05) is 54.6 Å². The van der Waals surface area contributed by atoms with E-state index in [1.165, 1.54) is 111 Å². The normalized spacial score (nSPS) is 15.6. The first kappa shape index (κ1) is 52.9. The molecule has 0 spiro atoms. The summed E-state index contributed by atoms with van der Waals surface area (Å²) in [6.07, 6.45) is 2.31. The molecule has 0 amide bonds. The Labute approximate surface area is 477 Å². The third-order valence-corrected chi connectivity index (χ3v) is 19.2. The number of anilines is 9. The van der Waals surface area contributed by atoms with Crippen LogP contribution in [0.1, 0.15) is 157 Å². The number of para-hydroxylation sites is 2. The summed E-state index contributed by atoms with van der Waals surface area (Å²) in [5, 5.41) is 1.32. The lowest BCUT2D eigenvalue weighted by Gasteiger charge is -2.46. The van der Waals surface area contributed by atoms with Gasteiger partial charge in [-0.2, -0.15) is 0 Å². The molecular formula is C74H80BN3S. The van der Waals surface area contributed by atoms with Crippen LogP contribution in [-0.2, 0) is 32.5 Å². The van der Waals surface area contributed by atoms with Crippen LogP contribution < -0.4 is 30.4 Å². The van der Waals surface area contributed by atoms with Crippen LogP contribution in [0.25, 0.3) is 21.2 Å². The maximum atomic E-state index is 2.72. The standard InChI is InChI=1S/C74H80BN3S/c1-69(2,3)48-29-27-47(28-30-48)56-41-49(70(4,5)6)32-37-61(56)78-62-43-51(72(10,11)12)31-36-60(62)75-66-63(45-55(46-64(66)78)76(52-23-19-17-20-24-52)53-25-21-18-22-26-53)77(54-34-35-58-59(44-54)74(15,16)40-39-73(58,13)14)67-57-42-50(71(7,8)9)33-38-65(57)79-68(67)75/h17-38,41-46H,39-40H2,1-16H3. The Bertz CT molecular complexity index is 3790. The Morgan fingerprint density at radius 3 is 1.56 bits per heavy atom. The molecule has 3 nitrogen and oxygen atoms in total. The quantitative estimate of drug-likeness (QED) is 0.154. The van der Waals surface area contributed by atoms with E-state index in [1.54, 1.807) is 0 Å². The van der Waals surface area contributed by atoms with E-state index in [0.29, 0.717) is 0 Å². The fourth-order valence-electron chi connectivity index (χ4n) is 12.9. The van der Waals surface area contributed by atoms with Crippen molar-refractivity contribution in [1.82, 2.24) is 0 Å². The van der Waals surface area contributed by atoms with Crippen LogP contribution in [-0.4, -0.2) is 6.71 Å².